The van der Waals surface area contributed by atoms with E-state index in [1.54, 1.807) is 17.9 Å². The van der Waals surface area contributed by atoms with E-state index in [1.807, 2.05) is 13.8 Å². The maximum absolute atomic E-state index is 12.0. The van der Waals surface area contributed by atoms with E-state index in [-0.39, 0.29) is 12.2 Å². The molecule has 2 aromatic heterocycles. The van der Waals surface area contributed by atoms with Gasteiger partial charge in [0.15, 0.2) is 5.78 Å². The van der Waals surface area contributed by atoms with Gasteiger partial charge in [-0.25, -0.2) is 0 Å². The van der Waals surface area contributed by atoms with Crippen molar-refractivity contribution in [1.29, 1.82) is 0 Å². The van der Waals surface area contributed by atoms with Gasteiger partial charge >= 0.3 is 0 Å². The highest BCUT2D eigenvalue weighted by molar-refractivity contribution is 6.32. The standard InChI is InChI=1S/C11H14ClN5O/c1-4-17-9(11(12)7(2)14-17)5-10(18)8-6-16(3)15-13-8/h6H,4-5H2,1-3H3. The molecule has 0 atom stereocenters. The number of ketones is 1. The minimum Gasteiger partial charge on any atom is -0.292 e. The minimum atomic E-state index is -0.111. The lowest BCUT2D eigenvalue weighted by Crippen LogP contribution is -2.10. The average Bonchev–Trinajstić information content (AvgIpc) is 2.88. The van der Waals surface area contributed by atoms with E-state index in [0.29, 0.717) is 17.3 Å². The first-order chi connectivity index (χ1) is 8.52. The van der Waals surface area contributed by atoms with Gasteiger partial charge in [0.25, 0.3) is 0 Å². The predicted molar refractivity (Wildman–Crippen MR) is 66.7 cm³/mol. The Morgan fingerprint density at radius 2 is 2.22 bits per heavy atom. The summed E-state index contributed by atoms with van der Waals surface area (Å²) in [7, 11) is 1.72. The van der Waals surface area contributed by atoms with Crippen LogP contribution in [0.4, 0.5) is 0 Å². The molecule has 18 heavy (non-hydrogen) atoms. The minimum absolute atomic E-state index is 0.111. The lowest BCUT2D eigenvalue weighted by Gasteiger charge is -2.03. The Kier molecular flexibility index (Phi) is 3.47. The Morgan fingerprint density at radius 3 is 2.78 bits per heavy atom. The summed E-state index contributed by atoms with van der Waals surface area (Å²) >= 11 is 6.15. The zero-order chi connectivity index (χ0) is 13.3. The van der Waals surface area contributed by atoms with Crippen LogP contribution in [0.5, 0.6) is 0 Å². The normalized spacial score (nSPS) is 10.9. The molecule has 0 fully saturated rings. The van der Waals surface area contributed by atoms with Crippen molar-refractivity contribution in [3.63, 3.8) is 0 Å². The number of rotatable bonds is 4. The van der Waals surface area contributed by atoms with Gasteiger partial charge in [-0.05, 0) is 13.8 Å². The zero-order valence-corrected chi connectivity index (χ0v) is 11.3. The van der Waals surface area contributed by atoms with Crippen molar-refractivity contribution in [3.8, 4) is 0 Å². The van der Waals surface area contributed by atoms with Gasteiger partial charge in [0.2, 0.25) is 0 Å². The van der Waals surface area contributed by atoms with Gasteiger partial charge in [-0.2, -0.15) is 5.10 Å². The monoisotopic (exact) mass is 267 g/mol. The summed E-state index contributed by atoms with van der Waals surface area (Å²) in [5.74, 6) is -0.111. The van der Waals surface area contributed by atoms with Crippen molar-refractivity contribution in [3.05, 3.63) is 28.3 Å². The van der Waals surface area contributed by atoms with E-state index >= 15 is 0 Å². The summed E-state index contributed by atoms with van der Waals surface area (Å²) in [6.07, 6.45) is 1.78. The Hall–Kier alpha value is -1.69. The number of hydrogen-bond donors (Lipinski definition) is 0. The fourth-order valence-electron chi connectivity index (χ4n) is 1.76. The SMILES string of the molecule is CCn1nc(C)c(Cl)c1CC(=O)c1cn(C)nn1. The molecule has 0 aliphatic carbocycles. The third-order valence-electron chi connectivity index (χ3n) is 2.67. The highest BCUT2D eigenvalue weighted by atomic mass is 35.5. The molecule has 2 aromatic rings. The van der Waals surface area contributed by atoms with Crippen LogP contribution in [0.2, 0.25) is 5.02 Å². The average molecular weight is 268 g/mol. The highest BCUT2D eigenvalue weighted by Gasteiger charge is 2.18. The quantitative estimate of drug-likeness (QED) is 0.786. The van der Waals surface area contributed by atoms with E-state index < -0.39 is 0 Å². The van der Waals surface area contributed by atoms with Gasteiger partial charge in [-0.3, -0.25) is 14.2 Å². The third-order valence-corrected chi connectivity index (χ3v) is 3.16. The number of aryl methyl sites for hydroxylation is 3. The van der Waals surface area contributed by atoms with E-state index in [4.69, 9.17) is 11.6 Å². The molecule has 0 saturated heterocycles. The van der Waals surface area contributed by atoms with Crippen LogP contribution >= 0.6 is 11.6 Å². The van der Waals surface area contributed by atoms with Crippen molar-refractivity contribution in [2.45, 2.75) is 26.8 Å². The molecule has 0 spiro atoms. The van der Waals surface area contributed by atoms with Gasteiger partial charge in [0.1, 0.15) is 5.69 Å². The molecule has 7 heteroatoms. The molecule has 2 rings (SSSR count). The van der Waals surface area contributed by atoms with Crippen LogP contribution in [0.1, 0.15) is 28.8 Å². The first-order valence-corrected chi connectivity index (χ1v) is 6.02. The summed E-state index contributed by atoms with van der Waals surface area (Å²) in [4.78, 5) is 12.0. The lowest BCUT2D eigenvalue weighted by molar-refractivity contribution is 0.0985. The number of aromatic nitrogens is 5. The lowest BCUT2D eigenvalue weighted by atomic mass is 10.1. The first kappa shape index (κ1) is 12.8. The number of carbonyl (C=O) groups excluding carboxylic acids is 1. The number of nitrogens with zero attached hydrogens (tertiary/aromatic N) is 5. The highest BCUT2D eigenvalue weighted by Crippen LogP contribution is 2.21. The maximum Gasteiger partial charge on any atom is 0.190 e. The fraction of sp³-hybridized carbons (Fsp3) is 0.455. The summed E-state index contributed by atoms with van der Waals surface area (Å²) in [5, 5.41) is 12.4. The van der Waals surface area contributed by atoms with E-state index in [2.05, 4.69) is 15.4 Å². The van der Waals surface area contributed by atoms with Gasteiger partial charge in [0.05, 0.1) is 29.0 Å². The van der Waals surface area contributed by atoms with Crippen molar-refractivity contribution in [2.75, 3.05) is 0 Å². The van der Waals surface area contributed by atoms with E-state index in [1.165, 1.54) is 4.68 Å². The van der Waals surface area contributed by atoms with Gasteiger partial charge in [-0.1, -0.05) is 16.8 Å². The molecule has 0 aliphatic heterocycles. The van der Waals surface area contributed by atoms with Crippen LogP contribution in [0.25, 0.3) is 0 Å². The topological polar surface area (TPSA) is 65.6 Å². The number of hydrogen-bond acceptors (Lipinski definition) is 4. The Bertz CT molecular complexity index is 586. The summed E-state index contributed by atoms with van der Waals surface area (Å²) < 4.78 is 3.24. The van der Waals surface area contributed by atoms with Gasteiger partial charge in [-0.15, -0.1) is 5.10 Å². The predicted octanol–water partition coefficient (Wildman–Crippen LogP) is 1.42. The van der Waals surface area contributed by atoms with Crippen molar-refractivity contribution < 1.29 is 4.79 Å². The van der Waals surface area contributed by atoms with Gasteiger partial charge < -0.3 is 0 Å². The van der Waals surface area contributed by atoms with Crippen molar-refractivity contribution in [1.82, 2.24) is 24.8 Å². The fourth-order valence-corrected chi connectivity index (χ4v) is 1.96. The van der Waals surface area contributed by atoms with Crippen LogP contribution < -0.4 is 0 Å². The Balaban J connectivity index is 2.26. The molecule has 0 aliphatic rings. The second-order valence-electron chi connectivity index (χ2n) is 4.04. The summed E-state index contributed by atoms with van der Waals surface area (Å²) in [5.41, 5.74) is 1.81. The molecule has 0 aromatic carbocycles. The summed E-state index contributed by atoms with van der Waals surface area (Å²) in [6, 6.07) is 0. The third kappa shape index (κ3) is 2.28. The smallest absolute Gasteiger partial charge is 0.190 e. The molecular formula is C11H14ClN5O. The molecule has 0 bridgehead atoms. The second kappa shape index (κ2) is 4.89. The second-order valence-corrected chi connectivity index (χ2v) is 4.42. The molecule has 0 amide bonds. The van der Waals surface area contributed by atoms with Crippen LogP contribution in [0.15, 0.2) is 6.20 Å². The Morgan fingerprint density at radius 1 is 1.50 bits per heavy atom. The van der Waals surface area contributed by atoms with Crippen LogP contribution in [-0.2, 0) is 20.0 Å². The molecule has 2 heterocycles. The number of carbonyl (C=O) groups is 1. The van der Waals surface area contributed by atoms with Crippen LogP contribution in [0.3, 0.4) is 0 Å². The zero-order valence-electron chi connectivity index (χ0n) is 10.5. The van der Waals surface area contributed by atoms with Gasteiger partial charge in [0, 0.05) is 13.6 Å². The molecule has 6 nitrogen and oxygen atoms in total. The van der Waals surface area contributed by atoms with E-state index in [0.717, 1.165) is 11.4 Å². The molecule has 0 radical (unpaired) electrons. The summed E-state index contributed by atoms with van der Waals surface area (Å²) in [6.45, 7) is 4.46. The number of Topliss-reactive ketones (excluding diaryl/α,β-unsaturated/α-hetero) is 1. The van der Waals surface area contributed by atoms with Crippen LogP contribution in [0, 0.1) is 6.92 Å². The van der Waals surface area contributed by atoms with Crippen molar-refractivity contribution in [2.24, 2.45) is 7.05 Å². The maximum atomic E-state index is 12.0. The number of halogens is 1. The molecule has 0 saturated carbocycles. The largest absolute Gasteiger partial charge is 0.292 e. The van der Waals surface area contributed by atoms with Crippen LogP contribution in [-0.4, -0.2) is 30.6 Å². The molecule has 0 unspecified atom stereocenters. The Labute approximate surface area is 110 Å². The van der Waals surface area contributed by atoms with Crippen molar-refractivity contribution >= 4 is 17.4 Å². The first-order valence-electron chi connectivity index (χ1n) is 5.64. The van der Waals surface area contributed by atoms with E-state index in [9.17, 15) is 4.79 Å². The molecular weight excluding hydrogens is 254 g/mol. The molecule has 0 N–H and O–H groups in total. The molecule has 96 valence electrons.